The monoisotopic (exact) mass is 422 g/mol. The van der Waals surface area contributed by atoms with Crippen LogP contribution in [0.15, 0.2) is 82.6 Å². The first-order chi connectivity index (χ1) is 13.1. The number of rotatable bonds is 5. The second-order valence-corrected chi connectivity index (χ2v) is 6.44. The fourth-order valence-electron chi connectivity index (χ4n) is 2.25. The van der Waals surface area contributed by atoms with E-state index in [4.69, 9.17) is 0 Å². The molecule has 0 radical (unpaired) electrons. The van der Waals surface area contributed by atoms with Crippen LogP contribution >= 0.6 is 15.9 Å². The van der Waals surface area contributed by atoms with Gasteiger partial charge >= 0.3 is 0 Å². The van der Waals surface area contributed by atoms with Gasteiger partial charge in [0, 0.05) is 33.7 Å². The minimum Gasteiger partial charge on any atom is -0.322 e. The number of amides is 2. The highest BCUT2D eigenvalue weighted by Gasteiger charge is 2.09. The Labute approximate surface area is 164 Å². The van der Waals surface area contributed by atoms with Gasteiger partial charge in [0.25, 0.3) is 11.8 Å². The van der Waals surface area contributed by atoms with E-state index in [0.717, 1.165) is 10.0 Å². The number of hydrogen-bond donors (Lipinski definition) is 2. The summed E-state index contributed by atoms with van der Waals surface area (Å²) in [5.41, 5.74) is 4.70. The number of hydrogen-bond acceptors (Lipinski definition) is 4. The van der Waals surface area contributed by atoms with Gasteiger partial charge in [-0.1, -0.05) is 28.1 Å². The predicted molar refractivity (Wildman–Crippen MR) is 108 cm³/mol. The lowest BCUT2D eigenvalue weighted by Crippen LogP contribution is -2.18. The van der Waals surface area contributed by atoms with E-state index in [0.29, 0.717) is 16.8 Å². The Hall–Kier alpha value is -3.32. The Kier molecular flexibility index (Phi) is 6.06. The molecule has 1 heterocycles. The van der Waals surface area contributed by atoms with Gasteiger partial charge in [-0.05, 0) is 54.1 Å². The first-order valence-corrected chi connectivity index (χ1v) is 8.81. The largest absolute Gasteiger partial charge is 0.322 e. The van der Waals surface area contributed by atoms with Gasteiger partial charge in [0.05, 0.1) is 6.21 Å². The molecule has 1 aromatic heterocycles. The molecule has 0 atom stereocenters. The topological polar surface area (TPSA) is 83.4 Å². The number of anilines is 1. The molecule has 0 fully saturated rings. The number of hydrazone groups is 1. The van der Waals surface area contributed by atoms with Crippen LogP contribution < -0.4 is 10.7 Å². The summed E-state index contributed by atoms with van der Waals surface area (Å²) in [4.78, 5) is 28.5. The number of carbonyl (C=O) groups is 2. The number of pyridine rings is 1. The zero-order chi connectivity index (χ0) is 19.1. The molecule has 3 rings (SSSR count). The fourth-order valence-corrected chi connectivity index (χ4v) is 2.65. The molecule has 2 aromatic carbocycles. The number of nitrogens with one attached hydrogen (secondary N) is 2. The van der Waals surface area contributed by atoms with Crippen LogP contribution in [0.25, 0.3) is 0 Å². The van der Waals surface area contributed by atoms with Gasteiger partial charge in [-0.15, -0.1) is 0 Å². The average Bonchev–Trinajstić information content (AvgIpc) is 2.69. The van der Waals surface area contributed by atoms with Crippen molar-refractivity contribution in [2.45, 2.75) is 0 Å². The molecule has 0 aliphatic rings. The summed E-state index contributed by atoms with van der Waals surface area (Å²) in [6, 6.07) is 17.2. The molecule has 27 heavy (non-hydrogen) atoms. The maximum Gasteiger partial charge on any atom is 0.271 e. The van der Waals surface area contributed by atoms with Crippen LogP contribution in [0.5, 0.6) is 0 Å². The van der Waals surface area contributed by atoms with E-state index >= 15 is 0 Å². The van der Waals surface area contributed by atoms with Crippen molar-refractivity contribution in [1.29, 1.82) is 0 Å². The van der Waals surface area contributed by atoms with E-state index in [-0.39, 0.29) is 11.8 Å². The average molecular weight is 423 g/mol. The van der Waals surface area contributed by atoms with E-state index in [1.54, 1.807) is 67.0 Å². The molecular weight excluding hydrogens is 408 g/mol. The Morgan fingerprint density at radius 2 is 1.63 bits per heavy atom. The Bertz CT molecular complexity index is 990. The number of nitrogens with zero attached hydrogens (tertiary/aromatic N) is 2. The SMILES string of the molecule is O=C(NN=Cc1ccncc1)c1cccc(NC(=O)c2cccc(Br)c2)c1. The summed E-state index contributed by atoms with van der Waals surface area (Å²) in [6.45, 7) is 0. The van der Waals surface area contributed by atoms with Gasteiger partial charge in [-0.2, -0.15) is 5.10 Å². The first kappa shape index (κ1) is 18.5. The van der Waals surface area contributed by atoms with Crippen molar-refractivity contribution < 1.29 is 9.59 Å². The van der Waals surface area contributed by atoms with Crippen molar-refractivity contribution >= 4 is 39.6 Å². The third-order valence-electron chi connectivity index (χ3n) is 3.56. The Morgan fingerprint density at radius 1 is 0.926 bits per heavy atom. The van der Waals surface area contributed by atoms with Gasteiger partial charge in [0.15, 0.2) is 0 Å². The molecular formula is C20H15BrN4O2. The van der Waals surface area contributed by atoms with Crippen molar-refractivity contribution in [3.63, 3.8) is 0 Å². The summed E-state index contributed by atoms with van der Waals surface area (Å²) in [7, 11) is 0. The summed E-state index contributed by atoms with van der Waals surface area (Å²) in [5, 5.41) is 6.70. The summed E-state index contributed by atoms with van der Waals surface area (Å²) >= 11 is 3.34. The molecule has 0 aliphatic heterocycles. The molecule has 2 amide bonds. The van der Waals surface area contributed by atoms with Crippen LogP contribution in [0.4, 0.5) is 5.69 Å². The smallest absolute Gasteiger partial charge is 0.271 e. The van der Waals surface area contributed by atoms with Gasteiger partial charge in [0.2, 0.25) is 0 Å². The number of halogens is 1. The minimum absolute atomic E-state index is 0.260. The fraction of sp³-hybridized carbons (Fsp3) is 0. The van der Waals surface area contributed by atoms with E-state index in [2.05, 4.69) is 36.8 Å². The molecule has 6 nitrogen and oxygen atoms in total. The second-order valence-electron chi connectivity index (χ2n) is 5.52. The molecule has 134 valence electrons. The van der Waals surface area contributed by atoms with Crippen LogP contribution in [0.1, 0.15) is 26.3 Å². The number of benzene rings is 2. The first-order valence-electron chi connectivity index (χ1n) is 8.02. The highest BCUT2D eigenvalue weighted by atomic mass is 79.9. The van der Waals surface area contributed by atoms with Gasteiger partial charge in [0.1, 0.15) is 0 Å². The zero-order valence-electron chi connectivity index (χ0n) is 14.1. The van der Waals surface area contributed by atoms with Crippen molar-refractivity contribution in [3.8, 4) is 0 Å². The molecule has 7 heteroatoms. The van der Waals surface area contributed by atoms with E-state index in [9.17, 15) is 9.59 Å². The van der Waals surface area contributed by atoms with Crippen LogP contribution in [0, 0.1) is 0 Å². The van der Waals surface area contributed by atoms with Crippen molar-refractivity contribution in [3.05, 3.63) is 94.2 Å². The molecule has 0 spiro atoms. The molecule has 0 bridgehead atoms. The van der Waals surface area contributed by atoms with E-state index in [1.165, 1.54) is 6.21 Å². The Balaban J connectivity index is 1.65. The molecule has 0 saturated heterocycles. The second kappa shape index (κ2) is 8.86. The summed E-state index contributed by atoms with van der Waals surface area (Å²) < 4.78 is 0.815. The highest BCUT2D eigenvalue weighted by molar-refractivity contribution is 9.10. The normalized spacial score (nSPS) is 10.6. The van der Waals surface area contributed by atoms with E-state index in [1.807, 2.05) is 6.07 Å². The van der Waals surface area contributed by atoms with Crippen molar-refractivity contribution in [2.75, 3.05) is 5.32 Å². The lowest BCUT2D eigenvalue weighted by Gasteiger charge is -2.07. The van der Waals surface area contributed by atoms with Crippen molar-refractivity contribution in [2.24, 2.45) is 5.10 Å². The van der Waals surface area contributed by atoms with Gasteiger partial charge < -0.3 is 5.32 Å². The predicted octanol–water partition coefficient (Wildman–Crippen LogP) is 3.86. The maximum absolute atomic E-state index is 12.3. The molecule has 0 aliphatic carbocycles. The van der Waals surface area contributed by atoms with Crippen LogP contribution in [0.3, 0.4) is 0 Å². The van der Waals surface area contributed by atoms with Crippen LogP contribution in [-0.2, 0) is 0 Å². The molecule has 3 aromatic rings. The third kappa shape index (κ3) is 5.32. The highest BCUT2D eigenvalue weighted by Crippen LogP contribution is 2.15. The van der Waals surface area contributed by atoms with Crippen LogP contribution in [-0.4, -0.2) is 23.0 Å². The maximum atomic E-state index is 12.3. The van der Waals surface area contributed by atoms with Crippen LogP contribution in [0.2, 0.25) is 0 Å². The Morgan fingerprint density at radius 3 is 2.37 bits per heavy atom. The zero-order valence-corrected chi connectivity index (χ0v) is 15.7. The lowest BCUT2D eigenvalue weighted by molar-refractivity contribution is 0.0953. The van der Waals surface area contributed by atoms with E-state index < -0.39 is 0 Å². The lowest BCUT2D eigenvalue weighted by atomic mass is 10.1. The number of carbonyl (C=O) groups excluding carboxylic acids is 2. The third-order valence-corrected chi connectivity index (χ3v) is 4.05. The van der Waals surface area contributed by atoms with Gasteiger partial charge in [-0.3, -0.25) is 14.6 Å². The molecule has 0 saturated carbocycles. The summed E-state index contributed by atoms with van der Waals surface area (Å²) in [6.07, 6.45) is 4.81. The van der Waals surface area contributed by atoms with Crippen molar-refractivity contribution in [1.82, 2.24) is 10.4 Å². The number of aromatic nitrogens is 1. The standard InChI is InChI=1S/C20H15BrN4O2/c21-17-5-1-3-15(11-17)19(26)24-18-6-2-4-16(12-18)20(27)25-23-13-14-7-9-22-10-8-14/h1-13H,(H,24,26)(H,25,27). The minimum atomic E-state index is -0.376. The quantitative estimate of drug-likeness (QED) is 0.483. The summed E-state index contributed by atoms with van der Waals surface area (Å²) in [5.74, 6) is -0.636. The molecule has 2 N–H and O–H groups in total. The molecule has 0 unspecified atom stereocenters. The van der Waals surface area contributed by atoms with Gasteiger partial charge in [-0.25, -0.2) is 5.43 Å².